The maximum Gasteiger partial charge on any atom is 0.306 e. The first-order valence-corrected chi connectivity index (χ1v) is 38.9. The fourth-order valence-electron chi connectivity index (χ4n) is 17.2. The van der Waals surface area contributed by atoms with Crippen LogP contribution >= 0.6 is 0 Å². The van der Waals surface area contributed by atoms with Crippen molar-refractivity contribution in [2.45, 2.75) is 100 Å². The largest absolute Gasteiger partial charge is 0.487 e. The molecule has 4 aliphatic heterocycles. The lowest BCUT2D eigenvalue weighted by atomic mass is 9.77. The van der Waals surface area contributed by atoms with Crippen LogP contribution in [0.3, 0.4) is 0 Å². The lowest BCUT2D eigenvalue weighted by Crippen LogP contribution is -2.37. The smallest absolute Gasteiger partial charge is 0.306 e. The van der Waals surface area contributed by atoms with Crippen LogP contribution in [0.15, 0.2) is 206 Å². The number of carbonyl (C=O) groups is 4. The SMILES string of the molecule is CC1(C)c2ccccc2-c2c1c1c(c3ccccc23)OC(c2ccc(OC(CCOCCOCCC(COC(=O)CCC(=O)O)Oc3ccc(C4(c5ccc(N6CCOCC6)cc5)C=Cc5c6c(c7ccccc7c5O4)-c4ccccc4C6(C)C)cc3)COC(=O)CCC(=O)O)cc2)(c2ccc(N3CCOCC3)cc2)C=C1. The van der Waals surface area contributed by atoms with Crippen LogP contribution in [-0.4, -0.2) is 139 Å². The van der Waals surface area contributed by atoms with Gasteiger partial charge in [-0.3, -0.25) is 19.2 Å². The molecule has 10 aromatic rings. The van der Waals surface area contributed by atoms with Gasteiger partial charge in [0.1, 0.15) is 48.4 Å². The number of esters is 2. The van der Waals surface area contributed by atoms with Crippen molar-refractivity contribution < 1.29 is 76.8 Å². The molecule has 574 valence electrons. The number of carboxylic acids is 2. The zero-order valence-electron chi connectivity index (χ0n) is 63.6. The number of rotatable bonds is 29. The summed E-state index contributed by atoms with van der Waals surface area (Å²) in [5.74, 6) is -0.934. The maximum absolute atomic E-state index is 12.9. The molecule has 18 heteroatoms. The average molecular weight is 1510 g/mol. The summed E-state index contributed by atoms with van der Waals surface area (Å²) in [6, 6.07) is 67.2. The number of aliphatic carboxylic acids is 2. The molecule has 0 saturated carbocycles. The minimum absolute atomic E-state index is 0.165. The highest BCUT2D eigenvalue weighted by atomic mass is 16.6. The third kappa shape index (κ3) is 14.6. The fraction of sp³-hybridized carbons (Fsp3) is 0.319. The number of hydrogen-bond donors (Lipinski definition) is 2. The fourth-order valence-corrected chi connectivity index (χ4v) is 17.2. The van der Waals surface area contributed by atoms with Crippen LogP contribution < -0.4 is 28.7 Å². The molecular weight excluding hydrogens is 1410 g/mol. The minimum Gasteiger partial charge on any atom is -0.487 e. The predicted octanol–water partition coefficient (Wildman–Crippen LogP) is 16.8. The van der Waals surface area contributed by atoms with Gasteiger partial charge in [-0.25, -0.2) is 0 Å². The van der Waals surface area contributed by atoms with Crippen LogP contribution in [0.1, 0.15) is 122 Å². The first kappa shape index (κ1) is 74.8. The average Bonchev–Trinajstić information content (AvgIpc) is 1.48. The van der Waals surface area contributed by atoms with E-state index in [1.165, 1.54) is 44.5 Å². The Morgan fingerprint density at radius 2 is 0.768 bits per heavy atom. The van der Waals surface area contributed by atoms with Crippen LogP contribution in [0.2, 0.25) is 0 Å². The number of carboxylic acid groups (broad SMARTS) is 2. The number of anilines is 2. The van der Waals surface area contributed by atoms with Gasteiger partial charge in [0.15, 0.2) is 11.2 Å². The molecule has 2 fully saturated rings. The molecule has 6 aliphatic rings. The van der Waals surface area contributed by atoms with Gasteiger partial charge in [-0.05, 0) is 116 Å². The number of carbonyl (C=O) groups excluding carboxylic acids is 2. The zero-order chi connectivity index (χ0) is 77.1. The van der Waals surface area contributed by atoms with E-state index in [0.717, 1.165) is 104 Å². The molecule has 0 radical (unpaired) electrons. The molecule has 2 saturated heterocycles. The summed E-state index contributed by atoms with van der Waals surface area (Å²) in [6.45, 7) is 15.4. The zero-order valence-corrected chi connectivity index (χ0v) is 63.6. The molecule has 2 N–H and O–H groups in total. The van der Waals surface area contributed by atoms with Crippen LogP contribution in [0.25, 0.3) is 56.0 Å². The van der Waals surface area contributed by atoms with Gasteiger partial charge in [-0.2, -0.15) is 0 Å². The number of ether oxygens (including phenoxy) is 10. The molecule has 0 aromatic heterocycles. The molecule has 16 rings (SSSR count). The number of nitrogens with zero attached hydrogens (tertiary/aromatic N) is 2. The highest BCUT2D eigenvalue weighted by Gasteiger charge is 2.47. The van der Waals surface area contributed by atoms with E-state index in [2.05, 4.69) is 207 Å². The maximum atomic E-state index is 12.9. The molecule has 0 bridgehead atoms. The second kappa shape index (κ2) is 31.8. The van der Waals surface area contributed by atoms with Gasteiger partial charge in [-0.15, -0.1) is 0 Å². The predicted molar refractivity (Wildman–Crippen MR) is 431 cm³/mol. The Kier molecular flexibility index (Phi) is 21.3. The van der Waals surface area contributed by atoms with E-state index in [9.17, 15) is 29.4 Å². The molecule has 112 heavy (non-hydrogen) atoms. The van der Waals surface area contributed by atoms with Gasteiger partial charge >= 0.3 is 23.9 Å². The van der Waals surface area contributed by atoms with E-state index in [-0.39, 0.29) is 76.2 Å². The molecule has 4 heterocycles. The van der Waals surface area contributed by atoms with Crippen LogP contribution in [-0.2, 0) is 69.6 Å². The first-order chi connectivity index (χ1) is 54.5. The lowest BCUT2D eigenvalue weighted by Gasteiger charge is -2.39. The number of benzene rings is 10. The highest BCUT2D eigenvalue weighted by molar-refractivity contribution is 6.10. The van der Waals surface area contributed by atoms with Crippen LogP contribution in [0, 0.1) is 0 Å². The van der Waals surface area contributed by atoms with E-state index in [1.807, 2.05) is 48.5 Å². The Morgan fingerprint density at radius 3 is 1.14 bits per heavy atom. The Morgan fingerprint density at radius 1 is 0.420 bits per heavy atom. The van der Waals surface area contributed by atoms with Gasteiger partial charge in [0, 0.05) is 105 Å². The van der Waals surface area contributed by atoms with Crippen molar-refractivity contribution in [1.29, 1.82) is 0 Å². The van der Waals surface area contributed by atoms with E-state index >= 15 is 0 Å². The second-order valence-corrected chi connectivity index (χ2v) is 30.5. The van der Waals surface area contributed by atoms with Crippen molar-refractivity contribution >= 4 is 68.9 Å². The van der Waals surface area contributed by atoms with E-state index in [0.29, 0.717) is 50.8 Å². The molecule has 10 aromatic carbocycles. The second-order valence-electron chi connectivity index (χ2n) is 30.5. The third-order valence-electron chi connectivity index (χ3n) is 22.9. The van der Waals surface area contributed by atoms with Crippen molar-refractivity contribution in [3.05, 3.63) is 262 Å². The lowest BCUT2D eigenvalue weighted by molar-refractivity contribution is -0.150. The third-order valence-corrected chi connectivity index (χ3v) is 22.9. The molecule has 4 unspecified atom stereocenters. The molecule has 0 spiro atoms. The highest BCUT2D eigenvalue weighted by Crippen LogP contribution is 2.60. The van der Waals surface area contributed by atoms with E-state index < -0.39 is 47.3 Å². The Labute approximate surface area is 652 Å². The van der Waals surface area contributed by atoms with Crippen molar-refractivity contribution in [2.75, 3.05) is 102 Å². The normalized spacial score (nSPS) is 18.5. The molecule has 0 amide bonds. The summed E-state index contributed by atoms with van der Waals surface area (Å²) >= 11 is 0. The van der Waals surface area contributed by atoms with Crippen molar-refractivity contribution in [3.63, 3.8) is 0 Å². The summed E-state index contributed by atoms with van der Waals surface area (Å²) < 4.78 is 63.5. The Balaban J connectivity index is 0.604. The van der Waals surface area contributed by atoms with Crippen molar-refractivity contribution in [1.82, 2.24) is 0 Å². The summed E-state index contributed by atoms with van der Waals surface area (Å²) in [5, 5.41) is 23.0. The van der Waals surface area contributed by atoms with E-state index in [4.69, 9.17) is 47.4 Å². The summed E-state index contributed by atoms with van der Waals surface area (Å²) in [4.78, 5) is 53.4. The number of fused-ring (bicyclic) bond motifs is 16. The monoisotopic (exact) mass is 1500 g/mol. The molecular formula is C94H92N2O16. The van der Waals surface area contributed by atoms with E-state index in [1.54, 1.807) is 0 Å². The quantitative estimate of drug-likeness (QED) is 0.0330. The standard InChI is InChI=1S/C94H92N2O16/c1-91(2)79-19-11-9-17-75(79)85-71-13-5-7-15-73(71)89-77(87(85)91)41-45-93(111-89,61-21-29-65(30-22-61)95-47-53-105-54-48-95)63-25-33-67(34-26-63)109-69(59-107-83(101)39-37-81(97)98)43-51-103-57-58-104-52-44-70(60-108-84(102)40-38-82(99)100)110-68-35-27-64(28-36-68)94(62-23-31-66(32-24-62)96-49-55-106-56-50-96)46-42-78-88-86(72-14-6-8-16-74(72)90(78)112-94)76-18-10-12-20-80(76)92(88,3)4/h5-36,41-42,45-46,69-70H,37-40,43-44,47-60H2,1-4H3,(H,97,98)(H,99,100). The molecule has 2 aliphatic carbocycles. The minimum atomic E-state index is -1.11. The van der Waals surface area contributed by atoms with Gasteiger partial charge < -0.3 is 67.4 Å². The van der Waals surface area contributed by atoms with Gasteiger partial charge in [0.25, 0.3) is 0 Å². The van der Waals surface area contributed by atoms with Crippen molar-refractivity contribution in [2.24, 2.45) is 0 Å². The van der Waals surface area contributed by atoms with Gasteiger partial charge in [-0.1, -0.05) is 185 Å². The summed E-state index contributed by atoms with van der Waals surface area (Å²) in [5.41, 5.74) is 15.0. The number of hydrogen-bond acceptors (Lipinski definition) is 16. The van der Waals surface area contributed by atoms with Crippen molar-refractivity contribution in [3.8, 4) is 45.3 Å². The van der Waals surface area contributed by atoms with Crippen LogP contribution in [0.5, 0.6) is 23.0 Å². The van der Waals surface area contributed by atoms with Gasteiger partial charge in [0.05, 0.1) is 78.5 Å². The first-order valence-electron chi connectivity index (χ1n) is 38.9. The molecule has 18 nitrogen and oxygen atoms in total. The molecule has 4 atom stereocenters. The van der Waals surface area contributed by atoms with Crippen LogP contribution in [0.4, 0.5) is 11.4 Å². The number of morpholine rings is 2. The Hall–Kier alpha value is -11.3. The van der Waals surface area contributed by atoms with Gasteiger partial charge in [0.2, 0.25) is 0 Å². The Bertz CT molecular complexity index is 4910. The summed E-state index contributed by atoms with van der Waals surface area (Å²) in [7, 11) is 0. The topological polar surface area (TPSA) is 208 Å². The summed E-state index contributed by atoms with van der Waals surface area (Å²) in [6.07, 6.45) is 6.70.